The summed E-state index contributed by atoms with van der Waals surface area (Å²) in [5, 5.41) is 0. The van der Waals surface area contributed by atoms with Gasteiger partial charge in [0.1, 0.15) is 5.75 Å². The normalized spacial score (nSPS) is 10.1. The van der Waals surface area contributed by atoms with Crippen molar-refractivity contribution >= 4 is 17.5 Å². The minimum atomic E-state index is 0.156. The molecule has 0 amide bonds. The van der Waals surface area contributed by atoms with Crippen LogP contribution in [0.25, 0.3) is 0 Å². The number of thioether (sulfide) groups is 1. The third-order valence-electron chi connectivity index (χ3n) is 2.11. The summed E-state index contributed by atoms with van der Waals surface area (Å²) in [5.41, 5.74) is 0.735. The van der Waals surface area contributed by atoms with E-state index in [0.717, 1.165) is 16.2 Å². The van der Waals surface area contributed by atoms with E-state index in [1.807, 2.05) is 38.3 Å². The minimum absolute atomic E-state index is 0.156. The third kappa shape index (κ3) is 2.99. The zero-order chi connectivity index (χ0) is 11.3. The van der Waals surface area contributed by atoms with E-state index >= 15 is 0 Å². The van der Waals surface area contributed by atoms with Gasteiger partial charge in [-0.25, -0.2) is 0 Å². The molecule has 82 valence electrons. The van der Waals surface area contributed by atoms with Crippen molar-refractivity contribution in [3.63, 3.8) is 0 Å². The quantitative estimate of drug-likeness (QED) is 0.566. The van der Waals surface area contributed by atoms with E-state index in [0.29, 0.717) is 13.0 Å². The summed E-state index contributed by atoms with van der Waals surface area (Å²) in [5.74, 6) is 0.966. The largest absolute Gasteiger partial charge is 0.493 e. The molecule has 0 saturated carbocycles. The molecular weight excluding hydrogens is 208 g/mol. The van der Waals surface area contributed by atoms with Crippen LogP contribution < -0.4 is 4.74 Å². The lowest BCUT2D eigenvalue weighted by Gasteiger charge is -2.09. The Kier molecular flexibility index (Phi) is 4.69. The lowest BCUT2D eigenvalue weighted by molar-refractivity contribution is 0.0987. The first kappa shape index (κ1) is 12.1. The van der Waals surface area contributed by atoms with Crippen LogP contribution in [0.2, 0.25) is 0 Å². The zero-order valence-corrected chi connectivity index (χ0v) is 10.2. The second kappa shape index (κ2) is 5.81. The molecule has 0 fully saturated rings. The molecule has 1 aromatic rings. The third-order valence-corrected chi connectivity index (χ3v) is 2.88. The molecule has 0 spiro atoms. The molecule has 0 unspecified atom stereocenters. The summed E-state index contributed by atoms with van der Waals surface area (Å²) in [6, 6.07) is 5.64. The highest BCUT2D eigenvalue weighted by molar-refractivity contribution is 7.98. The zero-order valence-electron chi connectivity index (χ0n) is 9.37. The first-order valence-corrected chi connectivity index (χ1v) is 6.29. The fraction of sp³-hybridized carbons (Fsp3) is 0.417. The van der Waals surface area contributed by atoms with Gasteiger partial charge in [0.05, 0.1) is 6.61 Å². The summed E-state index contributed by atoms with van der Waals surface area (Å²) in [6.07, 6.45) is 2.53. The molecule has 0 aliphatic rings. The molecule has 0 atom stereocenters. The maximum atomic E-state index is 11.5. The number of ketones is 1. The minimum Gasteiger partial charge on any atom is -0.493 e. The second-order valence-corrected chi connectivity index (χ2v) is 3.92. The van der Waals surface area contributed by atoms with E-state index in [9.17, 15) is 4.79 Å². The lowest BCUT2D eigenvalue weighted by Crippen LogP contribution is -1.99. The van der Waals surface area contributed by atoms with E-state index in [1.165, 1.54) is 0 Å². The molecule has 0 heterocycles. The fourth-order valence-electron chi connectivity index (χ4n) is 1.32. The van der Waals surface area contributed by atoms with Gasteiger partial charge in [0.2, 0.25) is 0 Å². The average Bonchev–Trinajstić information content (AvgIpc) is 2.28. The van der Waals surface area contributed by atoms with Gasteiger partial charge in [0.25, 0.3) is 0 Å². The standard InChI is InChI=1S/C12H16O2S/c1-4-10(13)9-6-7-12(15-3)11(8-9)14-5-2/h6-8H,4-5H2,1-3H3. The highest BCUT2D eigenvalue weighted by Crippen LogP contribution is 2.29. The van der Waals surface area contributed by atoms with Crippen LogP contribution in [-0.4, -0.2) is 18.6 Å². The Bertz CT molecular complexity index is 347. The molecule has 0 aromatic heterocycles. The van der Waals surface area contributed by atoms with Gasteiger partial charge in [0.15, 0.2) is 5.78 Å². The van der Waals surface area contributed by atoms with Gasteiger partial charge >= 0.3 is 0 Å². The number of ether oxygens (including phenoxy) is 1. The molecule has 15 heavy (non-hydrogen) atoms. The Hall–Kier alpha value is -0.960. The Labute approximate surface area is 95.0 Å². The maximum Gasteiger partial charge on any atom is 0.162 e. The van der Waals surface area contributed by atoms with Gasteiger partial charge in [-0.2, -0.15) is 0 Å². The first-order valence-electron chi connectivity index (χ1n) is 5.07. The van der Waals surface area contributed by atoms with Crippen molar-refractivity contribution in [2.45, 2.75) is 25.2 Å². The van der Waals surface area contributed by atoms with Gasteiger partial charge in [-0.3, -0.25) is 4.79 Å². The first-order chi connectivity index (χ1) is 7.22. The molecule has 1 aromatic carbocycles. The van der Waals surface area contributed by atoms with Crippen LogP contribution in [0.1, 0.15) is 30.6 Å². The van der Waals surface area contributed by atoms with Crippen LogP contribution >= 0.6 is 11.8 Å². The monoisotopic (exact) mass is 224 g/mol. The van der Waals surface area contributed by atoms with E-state index in [1.54, 1.807) is 11.8 Å². The van der Waals surface area contributed by atoms with Crippen LogP contribution in [0, 0.1) is 0 Å². The Balaban J connectivity index is 3.04. The Morgan fingerprint density at radius 1 is 1.40 bits per heavy atom. The number of hydrogen-bond donors (Lipinski definition) is 0. The lowest BCUT2D eigenvalue weighted by atomic mass is 10.1. The SMILES string of the molecule is CCOc1cc(C(=O)CC)ccc1SC. The van der Waals surface area contributed by atoms with Gasteiger partial charge in [-0.05, 0) is 25.3 Å². The fourth-order valence-corrected chi connectivity index (χ4v) is 1.85. The average molecular weight is 224 g/mol. The molecule has 0 N–H and O–H groups in total. The van der Waals surface area contributed by atoms with Crippen molar-refractivity contribution in [1.29, 1.82) is 0 Å². The van der Waals surface area contributed by atoms with E-state index in [4.69, 9.17) is 4.74 Å². The van der Waals surface area contributed by atoms with Crippen molar-refractivity contribution in [3.8, 4) is 5.75 Å². The number of Topliss-reactive ketones (excluding diaryl/α,β-unsaturated/α-hetero) is 1. The summed E-state index contributed by atoms with van der Waals surface area (Å²) in [6.45, 7) is 4.43. The van der Waals surface area contributed by atoms with Crippen molar-refractivity contribution in [2.75, 3.05) is 12.9 Å². The molecular formula is C12H16O2S. The van der Waals surface area contributed by atoms with E-state index in [2.05, 4.69) is 0 Å². The Morgan fingerprint density at radius 2 is 2.13 bits per heavy atom. The highest BCUT2D eigenvalue weighted by Gasteiger charge is 2.08. The molecule has 3 heteroatoms. The number of rotatable bonds is 5. The smallest absolute Gasteiger partial charge is 0.162 e. The molecule has 2 nitrogen and oxygen atoms in total. The number of hydrogen-bond acceptors (Lipinski definition) is 3. The van der Waals surface area contributed by atoms with Crippen molar-refractivity contribution in [2.24, 2.45) is 0 Å². The molecule has 0 aliphatic carbocycles. The van der Waals surface area contributed by atoms with Crippen LogP contribution in [0.4, 0.5) is 0 Å². The van der Waals surface area contributed by atoms with E-state index < -0.39 is 0 Å². The topological polar surface area (TPSA) is 26.3 Å². The number of carbonyl (C=O) groups is 1. The number of carbonyl (C=O) groups excluding carboxylic acids is 1. The van der Waals surface area contributed by atoms with Gasteiger partial charge in [-0.1, -0.05) is 13.0 Å². The van der Waals surface area contributed by atoms with Crippen molar-refractivity contribution in [1.82, 2.24) is 0 Å². The predicted octanol–water partition coefficient (Wildman–Crippen LogP) is 3.40. The summed E-state index contributed by atoms with van der Waals surface area (Å²) >= 11 is 1.63. The molecule has 0 bridgehead atoms. The van der Waals surface area contributed by atoms with Gasteiger partial charge in [-0.15, -0.1) is 11.8 Å². The van der Waals surface area contributed by atoms with Crippen LogP contribution in [-0.2, 0) is 0 Å². The van der Waals surface area contributed by atoms with Crippen LogP contribution in [0.5, 0.6) is 5.75 Å². The highest BCUT2D eigenvalue weighted by atomic mass is 32.2. The summed E-state index contributed by atoms with van der Waals surface area (Å²) in [7, 11) is 0. The van der Waals surface area contributed by atoms with Crippen LogP contribution in [0.15, 0.2) is 23.1 Å². The van der Waals surface area contributed by atoms with Gasteiger partial charge < -0.3 is 4.74 Å². The molecule has 0 radical (unpaired) electrons. The predicted molar refractivity (Wildman–Crippen MR) is 64.0 cm³/mol. The van der Waals surface area contributed by atoms with Crippen molar-refractivity contribution < 1.29 is 9.53 Å². The number of benzene rings is 1. The summed E-state index contributed by atoms with van der Waals surface area (Å²) < 4.78 is 5.49. The maximum absolute atomic E-state index is 11.5. The molecule has 0 saturated heterocycles. The van der Waals surface area contributed by atoms with Crippen LogP contribution in [0.3, 0.4) is 0 Å². The molecule has 1 rings (SSSR count). The molecule has 0 aliphatic heterocycles. The van der Waals surface area contributed by atoms with E-state index in [-0.39, 0.29) is 5.78 Å². The second-order valence-electron chi connectivity index (χ2n) is 3.08. The van der Waals surface area contributed by atoms with Gasteiger partial charge in [0, 0.05) is 16.9 Å². The summed E-state index contributed by atoms with van der Waals surface area (Å²) in [4.78, 5) is 12.6. The Morgan fingerprint density at radius 3 is 2.67 bits per heavy atom. The van der Waals surface area contributed by atoms with Crippen molar-refractivity contribution in [3.05, 3.63) is 23.8 Å².